The number of benzene rings is 9. The largest absolute Gasteiger partial charge is 0.457 e. The molecular formula is C83H86N4O2. The Labute approximate surface area is 527 Å². The first-order valence-electron chi connectivity index (χ1n) is 32.1. The van der Waals surface area contributed by atoms with Gasteiger partial charge in [0.2, 0.25) is 0 Å². The van der Waals surface area contributed by atoms with Crippen LogP contribution in [-0.2, 0) is 21.7 Å². The first-order chi connectivity index (χ1) is 42.2. The predicted octanol–water partition coefficient (Wildman–Crippen LogP) is 23.9. The Bertz CT molecular complexity index is 4610. The van der Waals surface area contributed by atoms with E-state index in [1.165, 1.54) is 78.0 Å². The Morgan fingerprint density at radius 3 is 1.66 bits per heavy atom. The fourth-order valence-electron chi connectivity index (χ4n) is 13.5. The molecule has 1 aliphatic heterocycles. The molecule has 0 aliphatic carbocycles. The highest BCUT2D eigenvalue weighted by atomic mass is 16.5. The van der Waals surface area contributed by atoms with Crippen LogP contribution in [0.3, 0.4) is 0 Å². The van der Waals surface area contributed by atoms with Gasteiger partial charge in [-0.1, -0.05) is 202 Å². The lowest BCUT2D eigenvalue weighted by atomic mass is 9.84. The van der Waals surface area contributed by atoms with Gasteiger partial charge in [-0.2, -0.15) is 0 Å². The third kappa shape index (κ3) is 10.8. The standard InChI is InChI=1S/C83H86N4O2/c1-50(2)63-22-20-23-64(51(3)4)76(63)55-29-37-70-73(43-55)86(78-68(53-25-30-56(31-26-53)80(6,7)8)41-52(5)42-69(78)54-27-32-57(33-28-54)81(9,10)11)49-85(70)60-44-59(83(15,16)17)45-62(47-60)88-61-34-35-67-72(48-61)87(75-46-58(39-40-84-75)82(12,13)14)71-38-36-66-65-21-18-19-24-74(65)89-79(66)77(67)71/h18-48,50-51H,49H2,1-17H3. The summed E-state index contributed by atoms with van der Waals surface area (Å²) in [6.45, 7) is 39.5. The molecule has 1 aliphatic rings. The van der Waals surface area contributed by atoms with Crippen molar-refractivity contribution in [2.75, 3.05) is 16.5 Å². The van der Waals surface area contributed by atoms with Crippen LogP contribution >= 0.6 is 0 Å². The Hall–Kier alpha value is -8.87. The van der Waals surface area contributed by atoms with Crippen LogP contribution in [0.5, 0.6) is 11.5 Å². The number of para-hydroxylation sites is 1. The minimum absolute atomic E-state index is 0.0100. The highest BCUT2D eigenvalue weighted by molar-refractivity contribution is 6.24. The van der Waals surface area contributed by atoms with Gasteiger partial charge in [-0.3, -0.25) is 4.57 Å². The Kier molecular flexibility index (Phi) is 14.4. The van der Waals surface area contributed by atoms with Gasteiger partial charge in [-0.15, -0.1) is 0 Å². The molecule has 0 saturated carbocycles. The van der Waals surface area contributed by atoms with E-state index in [1.807, 2.05) is 12.3 Å². The maximum Gasteiger partial charge on any atom is 0.145 e. The molecular weight excluding hydrogens is 1080 g/mol. The highest BCUT2D eigenvalue weighted by Crippen LogP contribution is 2.54. The number of anilines is 4. The van der Waals surface area contributed by atoms with Gasteiger partial charge in [-0.25, -0.2) is 4.98 Å². The van der Waals surface area contributed by atoms with Gasteiger partial charge < -0.3 is 19.0 Å². The van der Waals surface area contributed by atoms with E-state index in [0.29, 0.717) is 18.5 Å². The zero-order chi connectivity index (χ0) is 62.8. The summed E-state index contributed by atoms with van der Waals surface area (Å²) in [4.78, 5) is 10.2. The van der Waals surface area contributed by atoms with E-state index in [4.69, 9.17) is 14.1 Å². The van der Waals surface area contributed by atoms with Gasteiger partial charge in [0.15, 0.2) is 0 Å². The van der Waals surface area contributed by atoms with Crippen molar-refractivity contribution in [1.29, 1.82) is 0 Å². The smallest absolute Gasteiger partial charge is 0.145 e. The molecule has 6 nitrogen and oxygen atoms in total. The van der Waals surface area contributed by atoms with Crippen molar-refractivity contribution < 1.29 is 9.15 Å². The van der Waals surface area contributed by atoms with Gasteiger partial charge in [0.05, 0.1) is 33.5 Å². The predicted molar refractivity (Wildman–Crippen MR) is 378 cm³/mol. The molecule has 0 amide bonds. The van der Waals surface area contributed by atoms with E-state index in [2.05, 4.69) is 308 Å². The summed E-state index contributed by atoms with van der Waals surface area (Å²) >= 11 is 0. The summed E-state index contributed by atoms with van der Waals surface area (Å²) in [5.41, 5.74) is 24.3. The number of nitrogens with zero attached hydrogens (tertiary/aromatic N) is 4. The number of rotatable bonds is 10. The Balaban J connectivity index is 1.01. The number of ether oxygens (including phenoxy) is 1. The van der Waals surface area contributed by atoms with Gasteiger partial charge in [0.1, 0.15) is 35.2 Å². The first kappa shape index (κ1) is 59.1. The van der Waals surface area contributed by atoms with E-state index >= 15 is 0 Å². The van der Waals surface area contributed by atoms with E-state index in [9.17, 15) is 0 Å². The zero-order valence-electron chi connectivity index (χ0n) is 55.4. The van der Waals surface area contributed by atoms with Crippen LogP contribution in [0.15, 0.2) is 193 Å². The monoisotopic (exact) mass is 1170 g/mol. The molecule has 9 aromatic carbocycles. The summed E-state index contributed by atoms with van der Waals surface area (Å²) in [5, 5.41) is 4.31. The molecule has 0 bridgehead atoms. The van der Waals surface area contributed by atoms with Crippen molar-refractivity contribution in [2.45, 2.75) is 151 Å². The topological polar surface area (TPSA) is 46.7 Å². The second-order valence-electron chi connectivity index (χ2n) is 29.9. The quantitative estimate of drug-likeness (QED) is 0.137. The normalized spacial score (nSPS) is 13.3. The molecule has 450 valence electrons. The Morgan fingerprint density at radius 2 is 1.06 bits per heavy atom. The third-order valence-corrected chi connectivity index (χ3v) is 18.5. The molecule has 4 heterocycles. The number of furan rings is 1. The van der Waals surface area contributed by atoms with Crippen molar-refractivity contribution in [3.05, 3.63) is 227 Å². The van der Waals surface area contributed by atoms with E-state index < -0.39 is 0 Å². The molecule has 0 atom stereocenters. The van der Waals surface area contributed by atoms with Crippen LogP contribution in [0, 0.1) is 6.92 Å². The average molecular weight is 1170 g/mol. The molecule has 0 saturated heterocycles. The first-order valence-corrected chi connectivity index (χ1v) is 32.1. The third-order valence-electron chi connectivity index (χ3n) is 18.5. The van der Waals surface area contributed by atoms with Crippen LogP contribution in [0.4, 0.5) is 22.7 Å². The lowest BCUT2D eigenvalue weighted by Crippen LogP contribution is -2.25. The zero-order valence-corrected chi connectivity index (χ0v) is 55.4. The number of hydrogen-bond acceptors (Lipinski definition) is 5. The van der Waals surface area contributed by atoms with E-state index in [-0.39, 0.29) is 21.7 Å². The lowest BCUT2D eigenvalue weighted by Gasteiger charge is -2.29. The molecule has 0 unspecified atom stereocenters. The minimum Gasteiger partial charge on any atom is -0.457 e. The van der Waals surface area contributed by atoms with Crippen molar-refractivity contribution in [3.63, 3.8) is 0 Å². The number of hydrogen-bond donors (Lipinski definition) is 0. The summed E-state index contributed by atoms with van der Waals surface area (Å²) in [5.74, 6) is 3.00. The van der Waals surface area contributed by atoms with Crippen LogP contribution in [-0.4, -0.2) is 16.2 Å². The molecule has 6 heteroatoms. The van der Waals surface area contributed by atoms with E-state index in [0.717, 1.165) is 78.1 Å². The van der Waals surface area contributed by atoms with Crippen LogP contribution in [0.2, 0.25) is 0 Å². The lowest BCUT2D eigenvalue weighted by molar-refractivity contribution is 0.479. The van der Waals surface area contributed by atoms with Gasteiger partial charge in [-0.05, 0) is 180 Å². The number of pyridine rings is 1. The van der Waals surface area contributed by atoms with Crippen molar-refractivity contribution in [2.24, 2.45) is 0 Å². The molecule has 13 rings (SSSR count). The van der Waals surface area contributed by atoms with Gasteiger partial charge >= 0.3 is 0 Å². The number of aryl methyl sites for hydroxylation is 1. The number of fused-ring (bicyclic) bond motifs is 8. The minimum atomic E-state index is -0.220. The molecule has 89 heavy (non-hydrogen) atoms. The molecule has 0 fully saturated rings. The van der Waals surface area contributed by atoms with E-state index in [1.54, 1.807) is 0 Å². The van der Waals surface area contributed by atoms with Crippen molar-refractivity contribution in [1.82, 2.24) is 9.55 Å². The Morgan fingerprint density at radius 1 is 0.461 bits per heavy atom. The summed E-state index contributed by atoms with van der Waals surface area (Å²) in [6, 6.07) is 68.2. The molecule has 0 radical (unpaired) electrons. The second-order valence-corrected chi connectivity index (χ2v) is 29.9. The van der Waals surface area contributed by atoms with Crippen LogP contribution < -0.4 is 14.5 Å². The highest BCUT2D eigenvalue weighted by Gasteiger charge is 2.35. The fourth-order valence-corrected chi connectivity index (χ4v) is 13.5. The van der Waals surface area contributed by atoms with Crippen LogP contribution in [0.1, 0.15) is 162 Å². The van der Waals surface area contributed by atoms with Crippen molar-refractivity contribution in [3.8, 4) is 50.7 Å². The van der Waals surface area contributed by atoms with Crippen LogP contribution in [0.25, 0.3) is 82.9 Å². The summed E-state index contributed by atoms with van der Waals surface area (Å²) in [7, 11) is 0. The van der Waals surface area contributed by atoms with Gasteiger partial charge in [0.25, 0.3) is 0 Å². The maximum atomic E-state index is 7.31. The van der Waals surface area contributed by atoms with Gasteiger partial charge in [0, 0.05) is 51.3 Å². The summed E-state index contributed by atoms with van der Waals surface area (Å²) < 4.78 is 16.4. The number of aromatic nitrogens is 2. The molecule has 0 N–H and O–H groups in total. The summed E-state index contributed by atoms with van der Waals surface area (Å²) in [6.07, 6.45) is 1.94. The SMILES string of the molecule is Cc1cc(-c2ccc(C(C)(C)C)cc2)c(N2CN(c3cc(Oc4ccc5c6c7oc8ccccc8c7ccc6n(-c6cc(C(C)(C)C)ccn6)c5c4)cc(C(C)(C)C)c3)c3ccc(-c4c(C(C)C)cccc4C(C)C)cc32)c(-c2ccc(C(C)(C)C)cc2)c1. The van der Waals surface area contributed by atoms with Crippen molar-refractivity contribution >= 4 is 66.5 Å². The average Bonchev–Trinajstić information content (AvgIpc) is 1.70. The molecule has 3 aromatic heterocycles. The molecule has 0 spiro atoms. The molecule has 12 aromatic rings. The maximum absolute atomic E-state index is 7.31. The second kappa shape index (κ2) is 21.7. The fraction of sp³-hybridized carbons (Fsp3) is 0.289.